The lowest BCUT2D eigenvalue weighted by atomic mass is 10.1. The molecule has 3 aromatic rings. The molecule has 0 saturated carbocycles. The predicted octanol–water partition coefficient (Wildman–Crippen LogP) is 5.26. The van der Waals surface area contributed by atoms with Crippen LogP contribution in [0.4, 0.5) is 35.1 Å². The molecule has 2 saturated heterocycles. The molecule has 5 atom stereocenters. The zero-order chi connectivity index (χ0) is 28.4. The number of hydrogen-bond donors (Lipinski definition) is 1. The first-order chi connectivity index (χ1) is 19.1. The second-order valence-corrected chi connectivity index (χ2v) is 10.1. The normalized spacial score (nSPS) is 23.8. The number of piperidine rings is 1. The average Bonchev–Trinajstić information content (AvgIpc) is 3.31. The first-order valence-electron chi connectivity index (χ1n) is 13.4. The number of nitrogens with zero attached hydrogens (tertiary/aromatic N) is 6. The van der Waals surface area contributed by atoms with Gasteiger partial charge in [-0.25, -0.2) is 19.3 Å². The third-order valence-corrected chi connectivity index (χ3v) is 7.29. The van der Waals surface area contributed by atoms with Crippen LogP contribution in [-0.2, 0) is 14.2 Å². The van der Waals surface area contributed by atoms with E-state index in [2.05, 4.69) is 25.3 Å². The lowest BCUT2D eigenvalue weighted by Crippen LogP contribution is -2.46. The van der Waals surface area contributed by atoms with Gasteiger partial charge in [-0.15, -0.1) is 0 Å². The molecule has 14 heteroatoms. The molecule has 0 spiro atoms. The number of alkyl halides is 4. The molecule has 1 N–H and O–H groups in total. The van der Waals surface area contributed by atoms with Crippen LogP contribution >= 0.6 is 0 Å². The van der Waals surface area contributed by atoms with Gasteiger partial charge in [-0.3, -0.25) is 0 Å². The van der Waals surface area contributed by atoms with Crippen molar-refractivity contribution in [2.24, 2.45) is 0 Å². The van der Waals surface area contributed by atoms with Crippen LogP contribution in [0, 0.1) is 0 Å². The molecular formula is C26H33F4N7O3. The highest BCUT2D eigenvalue weighted by atomic mass is 19.4. The van der Waals surface area contributed by atoms with Gasteiger partial charge in [0.2, 0.25) is 5.95 Å². The molecule has 2 aliphatic heterocycles. The van der Waals surface area contributed by atoms with Crippen molar-refractivity contribution >= 4 is 28.6 Å². The van der Waals surface area contributed by atoms with Crippen LogP contribution in [0.2, 0.25) is 0 Å². The van der Waals surface area contributed by atoms with Gasteiger partial charge in [-0.2, -0.15) is 18.2 Å². The number of imidazole rings is 1. The number of ether oxygens (including phenoxy) is 3. The first-order valence-corrected chi connectivity index (χ1v) is 13.4. The van der Waals surface area contributed by atoms with Crippen LogP contribution in [-0.4, -0.2) is 76.1 Å². The van der Waals surface area contributed by atoms with Crippen molar-refractivity contribution < 1.29 is 31.8 Å². The van der Waals surface area contributed by atoms with Crippen LogP contribution in [0.1, 0.15) is 57.5 Å². The zero-order valence-electron chi connectivity index (χ0n) is 22.6. The number of rotatable bonds is 8. The van der Waals surface area contributed by atoms with E-state index in [4.69, 9.17) is 14.2 Å². The van der Waals surface area contributed by atoms with Gasteiger partial charge in [0.1, 0.15) is 41.3 Å². The second-order valence-electron chi connectivity index (χ2n) is 10.1. The van der Waals surface area contributed by atoms with Crippen LogP contribution in [0.25, 0.3) is 11.0 Å². The fourth-order valence-corrected chi connectivity index (χ4v) is 5.06. The Kier molecular flexibility index (Phi) is 8.38. The Balaban J connectivity index is 1.42. The fourth-order valence-electron chi connectivity index (χ4n) is 5.06. The van der Waals surface area contributed by atoms with E-state index in [-0.39, 0.29) is 23.7 Å². The summed E-state index contributed by atoms with van der Waals surface area (Å²) in [6, 6.07) is 1.24. The summed E-state index contributed by atoms with van der Waals surface area (Å²) in [6.45, 7) is 3.93. The largest absolute Gasteiger partial charge is 0.408 e. The Morgan fingerprint density at radius 3 is 2.65 bits per heavy atom. The van der Waals surface area contributed by atoms with Gasteiger partial charge >= 0.3 is 6.18 Å². The smallest absolute Gasteiger partial charge is 0.378 e. The number of pyridine rings is 1. The summed E-state index contributed by atoms with van der Waals surface area (Å²) in [5, 5.41) is 3.03. The molecule has 5 rings (SSSR count). The van der Waals surface area contributed by atoms with Crippen molar-refractivity contribution in [3.05, 3.63) is 30.4 Å². The molecule has 218 valence electrons. The Labute approximate surface area is 229 Å². The predicted molar refractivity (Wildman–Crippen MR) is 139 cm³/mol. The Morgan fingerprint density at radius 1 is 1.12 bits per heavy atom. The molecular weight excluding hydrogens is 534 g/mol. The summed E-state index contributed by atoms with van der Waals surface area (Å²) < 4.78 is 74.3. The third kappa shape index (κ3) is 6.13. The van der Waals surface area contributed by atoms with E-state index in [1.54, 1.807) is 17.9 Å². The Morgan fingerprint density at radius 2 is 1.95 bits per heavy atom. The topological polar surface area (TPSA) is 99.5 Å². The average molecular weight is 568 g/mol. The minimum atomic E-state index is -4.52. The van der Waals surface area contributed by atoms with E-state index in [0.29, 0.717) is 43.3 Å². The highest BCUT2D eigenvalue weighted by molar-refractivity contribution is 5.79. The molecule has 2 aliphatic rings. The Bertz CT molecular complexity index is 1300. The van der Waals surface area contributed by atoms with E-state index < -0.39 is 36.9 Å². The quantitative estimate of drug-likeness (QED) is 0.366. The number of aromatic nitrogens is 5. The molecule has 0 aromatic carbocycles. The summed E-state index contributed by atoms with van der Waals surface area (Å²) in [4.78, 5) is 19.3. The molecule has 0 bridgehead atoms. The monoisotopic (exact) mass is 567 g/mol. The number of nitrogens with one attached hydrogen (secondary N) is 1. The molecule has 5 heterocycles. The SMILES string of the molecule is CO[C@H]1CCN(c2nccc(Nc3cc4c(cn3)nc([C@@H](C)OC3CCCCO3)n4[C@@H](C)C(F)(F)F)n2)C[C@H]1F. The van der Waals surface area contributed by atoms with Crippen molar-refractivity contribution in [3.8, 4) is 0 Å². The van der Waals surface area contributed by atoms with Crippen LogP contribution in [0.5, 0.6) is 0 Å². The van der Waals surface area contributed by atoms with Crippen molar-refractivity contribution in [2.45, 2.75) is 76.4 Å². The van der Waals surface area contributed by atoms with Gasteiger partial charge in [0.25, 0.3) is 0 Å². The zero-order valence-corrected chi connectivity index (χ0v) is 22.6. The number of halogens is 4. The van der Waals surface area contributed by atoms with Gasteiger partial charge in [0, 0.05) is 32.5 Å². The molecule has 0 aliphatic carbocycles. The van der Waals surface area contributed by atoms with Gasteiger partial charge in [0.15, 0.2) is 6.29 Å². The molecule has 3 aromatic heterocycles. The molecule has 0 radical (unpaired) electrons. The van der Waals surface area contributed by atoms with Gasteiger partial charge in [0.05, 0.1) is 24.4 Å². The summed E-state index contributed by atoms with van der Waals surface area (Å²) in [5.41, 5.74) is 0.545. The summed E-state index contributed by atoms with van der Waals surface area (Å²) >= 11 is 0. The van der Waals surface area contributed by atoms with Crippen molar-refractivity contribution in [3.63, 3.8) is 0 Å². The minimum Gasteiger partial charge on any atom is -0.378 e. The fraction of sp³-hybridized carbons (Fsp3) is 0.615. The van der Waals surface area contributed by atoms with Gasteiger partial charge in [-0.1, -0.05) is 0 Å². The standard InChI is InChI=1S/C26H33F4N7O3/c1-15(40-23-6-4-5-11-39-23)24-33-18-13-32-22(12-19(18)37(24)16(2)26(28,29)30)34-21-7-9-31-25(35-21)36-10-8-20(38-3)17(27)14-36/h7,9,12-13,15-17,20,23H,4-6,8,10-11,14H2,1-3H3,(H,31,32,34,35)/t15-,16+,17-,20+,23?/m1/s1. The van der Waals surface area contributed by atoms with Crippen molar-refractivity contribution in [1.29, 1.82) is 0 Å². The lowest BCUT2D eigenvalue weighted by molar-refractivity contribution is -0.190. The maximum absolute atomic E-state index is 14.4. The van der Waals surface area contributed by atoms with Crippen LogP contribution < -0.4 is 10.2 Å². The van der Waals surface area contributed by atoms with Crippen LogP contribution in [0.15, 0.2) is 24.5 Å². The number of anilines is 3. The lowest BCUT2D eigenvalue weighted by Gasteiger charge is -2.33. The maximum atomic E-state index is 14.4. The second kappa shape index (κ2) is 11.8. The third-order valence-electron chi connectivity index (χ3n) is 7.29. The van der Waals surface area contributed by atoms with E-state index in [0.717, 1.165) is 24.3 Å². The first kappa shape index (κ1) is 28.4. The Hall–Kier alpha value is -3.10. The van der Waals surface area contributed by atoms with E-state index in [9.17, 15) is 17.6 Å². The number of fused-ring (bicyclic) bond motifs is 1. The van der Waals surface area contributed by atoms with Crippen LogP contribution in [0.3, 0.4) is 0 Å². The molecule has 0 amide bonds. The molecule has 1 unspecified atom stereocenters. The highest BCUT2D eigenvalue weighted by Gasteiger charge is 2.40. The molecule has 40 heavy (non-hydrogen) atoms. The number of methoxy groups -OCH3 is 1. The maximum Gasteiger partial charge on any atom is 0.408 e. The van der Waals surface area contributed by atoms with Gasteiger partial charge in [-0.05, 0) is 45.6 Å². The number of hydrogen-bond acceptors (Lipinski definition) is 9. The van der Waals surface area contributed by atoms with E-state index in [1.807, 2.05) is 0 Å². The molecule has 10 nitrogen and oxygen atoms in total. The van der Waals surface area contributed by atoms with E-state index in [1.165, 1.54) is 25.6 Å². The summed E-state index contributed by atoms with van der Waals surface area (Å²) in [5.74, 6) is 1.10. The van der Waals surface area contributed by atoms with Crippen molar-refractivity contribution in [2.75, 3.05) is 37.0 Å². The van der Waals surface area contributed by atoms with Crippen molar-refractivity contribution in [1.82, 2.24) is 24.5 Å². The van der Waals surface area contributed by atoms with E-state index >= 15 is 0 Å². The minimum absolute atomic E-state index is 0.0929. The highest BCUT2D eigenvalue weighted by Crippen LogP contribution is 2.37. The molecule has 2 fully saturated rings. The van der Waals surface area contributed by atoms with Gasteiger partial charge < -0.3 is 29.0 Å². The summed E-state index contributed by atoms with van der Waals surface area (Å²) in [6.07, 6.45) is -1.44. The summed E-state index contributed by atoms with van der Waals surface area (Å²) in [7, 11) is 1.49.